The number of rotatable bonds is 6. The molecule has 0 aromatic heterocycles. The largest absolute Gasteiger partial charge is 0.493 e. The van der Waals surface area contributed by atoms with Crippen LogP contribution in [0.3, 0.4) is 0 Å². The van der Waals surface area contributed by atoms with Crippen molar-refractivity contribution in [1.29, 1.82) is 0 Å². The highest BCUT2D eigenvalue weighted by Gasteiger charge is 2.40. The molecule has 2 aromatic carbocycles. The summed E-state index contributed by atoms with van der Waals surface area (Å²) in [6.07, 6.45) is 0.153. The molecule has 1 aliphatic rings. The Morgan fingerprint density at radius 2 is 1.70 bits per heavy atom. The highest BCUT2D eigenvalue weighted by molar-refractivity contribution is 5.94. The van der Waals surface area contributed by atoms with Gasteiger partial charge in [0, 0.05) is 38.3 Å². The predicted molar refractivity (Wildman–Crippen MR) is 127 cm³/mol. The minimum atomic E-state index is -0.397. The van der Waals surface area contributed by atoms with E-state index in [0.717, 1.165) is 11.1 Å². The molecule has 2 aromatic rings. The van der Waals surface area contributed by atoms with Crippen LogP contribution in [-0.2, 0) is 11.3 Å². The molecule has 0 radical (unpaired) electrons. The van der Waals surface area contributed by atoms with Crippen molar-refractivity contribution in [3.8, 4) is 11.5 Å². The lowest BCUT2D eigenvalue weighted by Crippen LogP contribution is -2.50. The number of fused-ring (bicyclic) bond motifs is 1. The van der Waals surface area contributed by atoms with E-state index >= 15 is 0 Å². The van der Waals surface area contributed by atoms with Crippen molar-refractivity contribution in [2.24, 2.45) is 0 Å². The topological polar surface area (TPSA) is 71.6 Å². The van der Waals surface area contributed by atoms with Crippen LogP contribution in [0.15, 0.2) is 42.5 Å². The van der Waals surface area contributed by atoms with Crippen LogP contribution in [0, 0.1) is 0 Å². The Morgan fingerprint density at radius 3 is 2.27 bits per heavy atom. The molecule has 0 saturated heterocycles. The Bertz CT molecular complexity index is 980. The maximum Gasteiger partial charge on any atom is 0.410 e. The fourth-order valence-corrected chi connectivity index (χ4v) is 4.24. The molecule has 0 spiro atoms. The van der Waals surface area contributed by atoms with E-state index in [1.165, 1.54) is 0 Å². The van der Waals surface area contributed by atoms with Gasteiger partial charge in [0.05, 0.1) is 32.6 Å². The normalized spacial score (nSPS) is 17.1. The summed E-state index contributed by atoms with van der Waals surface area (Å²) in [4.78, 5) is 31.3. The molecule has 2 atom stereocenters. The van der Waals surface area contributed by atoms with Crippen LogP contribution in [0.5, 0.6) is 11.5 Å². The number of urea groups is 1. The third kappa shape index (κ3) is 4.99. The molecule has 0 saturated carbocycles. The van der Waals surface area contributed by atoms with Gasteiger partial charge in [0.1, 0.15) is 0 Å². The lowest BCUT2D eigenvalue weighted by atomic mass is 9.90. The Balaban J connectivity index is 2.16. The predicted octanol–water partition coefficient (Wildman–Crippen LogP) is 4.68. The number of methoxy groups -OCH3 is 2. The zero-order valence-electron chi connectivity index (χ0n) is 20.2. The molecule has 3 rings (SSSR count). The van der Waals surface area contributed by atoms with Crippen LogP contribution in [0.4, 0.5) is 15.3 Å². The second-order valence-electron chi connectivity index (χ2n) is 8.23. The summed E-state index contributed by atoms with van der Waals surface area (Å²) < 4.78 is 16.5. The maximum atomic E-state index is 13.1. The molecule has 0 unspecified atom stereocenters. The third-order valence-corrected chi connectivity index (χ3v) is 5.82. The van der Waals surface area contributed by atoms with E-state index in [1.54, 1.807) is 49.9 Å². The van der Waals surface area contributed by atoms with Gasteiger partial charge in [0.25, 0.3) is 0 Å². The molecule has 0 N–H and O–H groups in total. The van der Waals surface area contributed by atoms with E-state index in [4.69, 9.17) is 14.2 Å². The van der Waals surface area contributed by atoms with Crippen LogP contribution in [0.2, 0.25) is 0 Å². The van der Waals surface area contributed by atoms with Crippen molar-refractivity contribution < 1.29 is 23.8 Å². The van der Waals surface area contributed by atoms with Crippen molar-refractivity contribution in [1.82, 2.24) is 9.80 Å². The van der Waals surface area contributed by atoms with E-state index in [0.29, 0.717) is 30.2 Å². The molecular formula is C25H33N3O5. The Morgan fingerprint density at radius 1 is 1.06 bits per heavy atom. The summed E-state index contributed by atoms with van der Waals surface area (Å²) >= 11 is 0. The van der Waals surface area contributed by atoms with Crippen molar-refractivity contribution in [3.63, 3.8) is 0 Å². The smallest absolute Gasteiger partial charge is 0.410 e. The molecule has 8 nitrogen and oxygen atoms in total. The Labute approximate surface area is 195 Å². The van der Waals surface area contributed by atoms with E-state index in [9.17, 15) is 9.59 Å². The standard InChI is InChI=1S/C25H33N3O5/c1-7-33-25(30)27(16-18-11-9-8-10-12-18)20-13-17(2)28(24(29)26(3)4)21-15-23(32-6)22(31-5)14-19(20)21/h8-12,14-15,17,20H,7,13,16H2,1-6H3/t17-,20+/m0/s1. The summed E-state index contributed by atoms with van der Waals surface area (Å²) in [5.74, 6) is 1.06. The molecule has 178 valence electrons. The second kappa shape index (κ2) is 10.5. The molecular weight excluding hydrogens is 422 g/mol. The van der Waals surface area contributed by atoms with Crippen molar-refractivity contribution in [2.75, 3.05) is 39.8 Å². The molecule has 0 bridgehead atoms. The van der Waals surface area contributed by atoms with E-state index in [-0.39, 0.29) is 24.7 Å². The van der Waals surface area contributed by atoms with Gasteiger partial charge in [-0.25, -0.2) is 9.59 Å². The van der Waals surface area contributed by atoms with Gasteiger partial charge in [0.2, 0.25) is 0 Å². The Hall–Kier alpha value is -3.42. The molecule has 3 amide bonds. The second-order valence-corrected chi connectivity index (χ2v) is 8.23. The van der Waals surface area contributed by atoms with Gasteiger partial charge >= 0.3 is 12.1 Å². The number of carbonyl (C=O) groups excluding carboxylic acids is 2. The molecule has 0 aliphatic carbocycles. The van der Waals surface area contributed by atoms with Gasteiger partial charge in [-0.3, -0.25) is 9.80 Å². The monoisotopic (exact) mass is 455 g/mol. The van der Waals surface area contributed by atoms with Gasteiger partial charge in [-0.1, -0.05) is 30.3 Å². The van der Waals surface area contributed by atoms with Gasteiger partial charge in [-0.15, -0.1) is 0 Å². The van der Waals surface area contributed by atoms with Gasteiger partial charge < -0.3 is 19.1 Å². The van der Waals surface area contributed by atoms with E-state index in [2.05, 4.69) is 0 Å². The van der Waals surface area contributed by atoms with Crippen LogP contribution < -0.4 is 14.4 Å². The lowest BCUT2D eigenvalue weighted by molar-refractivity contribution is 0.0814. The fourth-order valence-electron chi connectivity index (χ4n) is 4.24. The average molecular weight is 456 g/mol. The number of anilines is 1. The molecule has 8 heteroatoms. The average Bonchev–Trinajstić information content (AvgIpc) is 2.81. The summed E-state index contributed by atoms with van der Waals surface area (Å²) in [6, 6.07) is 12.8. The first-order chi connectivity index (χ1) is 15.8. The van der Waals surface area contributed by atoms with Crippen LogP contribution in [0.1, 0.15) is 37.4 Å². The highest BCUT2D eigenvalue weighted by Crippen LogP contribution is 2.46. The number of hydrogen-bond acceptors (Lipinski definition) is 5. The summed E-state index contributed by atoms with van der Waals surface area (Å²) in [7, 11) is 6.58. The SMILES string of the molecule is CCOC(=O)N(Cc1ccccc1)[C@@H]1C[C@H](C)N(C(=O)N(C)C)c2cc(OC)c(OC)cc21. The molecule has 1 heterocycles. The quantitative estimate of drug-likeness (QED) is 0.632. The number of hydrogen-bond donors (Lipinski definition) is 0. The van der Waals surface area contributed by atoms with E-state index < -0.39 is 6.09 Å². The summed E-state index contributed by atoms with van der Waals surface area (Å²) in [6.45, 7) is 4.43. The van der Waals surface area contributed by atoms with Crippen molar-refractivity contribution in [3.05, 3.63) is 53.6 Å². The number of benzene rings is 2. The first-order valence-corrected chi connectivity index (χ1v) is 11.1. The first kappa shape index (κ1) is 24.2. The van der Waals surface area contributed by atoms with Crippen molar-refractivity contribution >= 4 is 17.8 Å². The zero-order valence-corrected chi connectivity index (χ0v) is 20.2. The molecule has 33 heavy (non-hydrogen) atoms. The van der Waals surface area contributed by atoms with Gasteiger partial charge in [-0.2, -0.15) is 0 Å². The molecule has 0 fully saturated rings. The number of amides is 3. The van der Waals surface area contributed by atoms with Crippen molar-refractivity contribution in [2.45, 2.75) is 38.9 Å². The fraction of sp³-hybridized carbons (Fsp3) is 0.440. The minimum Gasteiger partial charge on any atom is -0.493 e. The zero-order chi connectivity index (χ0) is 24.1. The Kier molecular flexibility index (Phi) is 7.68. The number of nitrogens with zero attached hydrogens (tertiary/aromatic N) is 3. The number of carbonyl (C=O) groups is 2. The minimum absolute atomic E-state index is 0.139. The summed E-state index contributed by atoms with van der Waals surface area (Å²) in [5, 5.41) is 0. The highest BCUT2D eigenvalue weighted by atomic mass is 16.6. The molecule has 1 aliphatic heterocycles. The van der Waals surface area contributed by atoms with Crippen LogP contribution >= 0.6 is 0 Å². The van der Waals surface area contributed by atoms with Crippen LogP contribution in [0.25, 0.3) is 0 Å². The number of ether oxygens (including phenoxy) is 3. The first-order valence-electron chi connectivity index (χ1n) is 11.1. The third-order valence-electron chi connectivity index (χ3n) is 5.82. The van der Waals surface area contributed by atoms with E-state index in [1.807, 2.05) is 49.4 Å². The van der Waals surface area contributed by atoms with Gasteiger partial charge in [0.15, 0.2) is 11.5 Å². The lowest BCUT2D eigenvalue weighted by Gasteiger charge is -2.44. The van der Waals surface area contributed by atoms with Gasteiger partial charge in [-0.05, 0) is 31.9 Å². The maximum absolute atomic E-state index is 13.1. The van der Waals surface area contributed by atoms with Crippen LogP contribution in [-0.4, -0.2) is 62.9 Å². The summed E-state index contributed by atoms with van der Waals surface area (Å²) in [5.41, 5.74) is 2.49.